The van der Waals surface area contributed by atoms with Gasteiger partial charge in [-0.1, -0.05) is 0 Å². The molecule has 3 rings (SSSR count). The van der Waals surface area contributed by atoms with Gasteiger partial charge >= 0.3 is 0 Å². The molecule has 0 saturated carbocycles. The van der Waals surface area contributed by atoms with Crippen LogP contribution in [0.15, 0.2) is 29.6 Å². The highest BCUT2D eigenvalue weighted by molar-refractivity contribution is 7.92. The Kier molecular flexibility index (Phi) is 5.27. The first-order valence-corrected chi connectivity index (χ1v) is 9.18. The van der Waals surface area contributed by atoms with Crippen LogP contribution in [0.5, 0.6) is 11.8 Å². The van der Waals surface area contributed by atoms with Gasteiger partial charge in [-0.05, 0) is 13.0 Å². The van der Waals surface area contributed by atoms with Crippen LogP contribution in [0.3, 0.4) is 0 Å². The topological polar surface area (TPSA) is 108 Å². The number of nitrogens with zero attached hydrogens (tertiary/aromatic N) is 4. The molecule has 150 valence electrons. The lowest BCUT2D eigenvalue weighted by Gasteiger charge is -2.13. The van der Waals surface area contributed by atoms with Crippen molar-refractivity contribution in [3.05, 3.63) is 36.0 Å². The summed E-state index contributed by atoms with van der Waals surface area (Å²) in [5.41, 5.74) is 0.293. The van der Waals surface area contributed by atoms with E-state index in [1.165, 1.54) is 10.6 Å². The maximum Gasteiger partial charge on any atom is 0.279 e. The Morgan fingerprint density at radius 2 is 2.04 bits per heavy atom. The van der Waals surface area contributed by atoms with Crippen LogP contribution in [0.2, 0.25) is 0 Å². The number of halogens is 3. The number of imidazole rings is 1. The van der Waals surface area contributed by atoms with Crippen molar-refractivity contribution in [1.82, 2.24) is 19.4 Å². The molecule has 0 unspecified atom stereocenters. The minimum atomic E-state index is -4.23. The molecule has 13 heteroatoms. The number of ether oxygens (including phenoxy) is 2. The summed E-state index contributed by atoms with van der Waals surface area (Å²) in [6.07, 6.45) is -0.283. The van der Waals surface area contributed by atoms with Crippen molar-refractivity contribution < 1.29 is 31.1 Å². The number of alkyl halides is 2. The van der Waals surface area contributed by atoms with Gasteiger partial charge in [0.2, 0.25) is 11.7 Å². The third-order valence-corrected chi connectivity index (χ3v) is 4.79. The predicted octanol–water partition coefficient (Wildman–Crippen LogP) is 2.03. The van der Waals surface area contributed by atoms with Crippen molar-refractivity contribution in [2.75, 3.05) is 18.4 Å². The quantitative estimate of drug-likeness (QED) is 0.627. The average Bonchev–Trinajstić information content (AvgIpc) is 3.04. The summed E-state index contributed by atoms with van der Waals surface area (Å²) < 4.78 is 76.8. The fourth-order valence-electron chi connectivity index (χ4n) is 2.26. The summed E-state index contributed by atoms with van der Waals surface area (Å²) in [5.74, 6) is -2.09. The molecule has 3 aromatic rings. The largest absolute Gasteiger partial charge is 0.479 e. The van der Waals surface area contributed by atoms with E-state index >= 15 is 0 Å². The Morgan fingerprint density at radius 1 is 1.29 bits per heavy atom. The molecule has 0 amide bonds. The molecule has 0 fully saturated rings. The van der Waals surface area contributed by atoms with Crippen molar-refractivity contribution in [1.29, 1.82) is 0 Å². The van der Waals surface area contributed by atoms with Gasteiger partial charge in [0.05, 0.1) is 13.3 Å². The van der Waals surface area contributed by atoms with Gasteiger partial charge in [-0.2, -0.15) is 13.4 Å². The number of fused-ring (bicyclic) bond motifs is 1. The van der Waals surface area contributed by atoms with E-state index in [0.29, 0.717) is 5.69 Å². The SMILES string of the molecule is COc1nc(OCC(F)F)c(F)cc1NS(=O)(=O)c1cnc2nc(C)ccn12. The maximum absolute atomic E-state index is 14.1. The third kappa shape index (κ3) is 3.93. The number of hydrogen-bond acceptors (Lipinski definition) is 7. The van der Waals surface area contributed by atoms with Crippen molar-refractivity contribution >= 4 is 21.5 Å². The van der Waals surface area contributed by atoms with Crippen LogP contribution < -0.4 is 14.2 Å². The summed E-state index contributed by atoms with van der Waals surface area (Å²) in [6.45, 7) is 0.643. The van der Waals surface area contributed by atoms with E-state index in [4.69, 9.17) is 4.74 Å². The van der Waals surface area contributed by atoms with Gasteiger partial charge in [0.25, 0.3) is 22.3 Å². The Morgan fingerprint density at radius 3 is 2.71 bits per heavy atom. The van der Waals surface area contributed by atoms with Crippen LogP contribution in [0, 0.1) is 12.7 Å². The molecule has 9 nitrogen and oxygen atoms in total. The van der Waals surface area contributed by atoms with Crippen LogP contribution >= 0.6 is 0 Å². The summed E-state index contributed by atoms with van der Waals surface area (Å²) in [7, 11) is -3.09. The Hall–Kier alpha value is -3.09. The van der Waals surface area contributed by atoms with E-state index in [1.54, 1.807) is 13.0 Å². The van der Waals surface area contributed by atoms with Gasteiger partial charge in [0, 0.05) is 18.0 Å². The third-order valence-electron chi connectivity index (χ3n) is 3.45. The summed E-state index contributed by atoms with van der Waals surface area (Å²) in [5, 5.41) is -0.254. The zero-order chi connectivity index (χ0) is 20.5. The monoisotopic (exact) mass is 417 g/mol. The van der Waals surface area contributed by atoms with E-state index in [9.17, 15) is 21.6 Å². The number of methoxy groups -OCH3 is 1. The molecule has 0 atom stereocenters. The van der Waals surface area contributed by atoms with Crippen LogP contribution in [0.4, 0.5) is 18.9 Å². The predicted molar refractivity (Wildman–Crippen MR) is 90.8 cm³/mol. The van der Waals surface area contributed by atoms with Crippen molar-refractivity contribution in [3.8, 4) is 11.8 Å². The second kappa shape index (κ2) is 7.50. The fourth-order valence-corrected chi connectivity index (χ4v) is 3.39. The number of aryl methyl sites for hydroxylation is 1. The van der Waals surface area contributed by atoms with Crippen LogP contribution in [0.1, 0.15) is 5.69 Å². The first-order chi connectivity index (χ1) is 13.2. The van der Waals surface area contributed by atoms with Gasteiger partial charge in [0.1, 0.15) is 5.69 Å². The van der Waals surface area contributed by atoms with Gasteiger partial charge in [-0.15, -0.1) is 0 Å². The second-order valence-electron chi connectivity index (χ2n) is 5.48. The number of nitrogens with one attached hydrogen (secondary N) is 1. The highest BCUT2D eigenvalue weighted by atomic mass is 32.2. The number of aromatic nitrogens is 4. The molecule has 0 radical (unpaired) electrons. The van der Waals surface area contributed by atoms with Crippen molar-refractivity contribution in [2.24, 2.45) is 0 Å². The molecule has 3 heterocycles. The van der Waals surface area contributed by atoms with Crippen molar-refractivity contribution in [3.63, 3.8) is 0 Å². The van der Waals surface area contributed by atoms with E-state index in [-0.39, 0.29) is 22.4 Å². The lowest BCUT2D eigenvalue weighted by Crippen LogP contribution is -2.17. The molecule has 0 aromatic carbocycles. The lowest BCUT2D eigenvalue weighted by atomic mass is 10.4. The zero-order valence-corrected chi connectivity index (χ0v) is 15.4. The molecule has 3 aromatic heterocycles. The minimum absolute atomic E-state index is 0.160. The highest BCUT2D eigenvalue weighted by Gasteiger charge is 2.24. The molecule has 0 bridgehead atoms. The molecule has 0 saturated heterocycles. The number of rotatable bonds is 7. The highest BCUT2D eigenvalue weighted by Crippen LogP contribution is 2.30. The maximum atomic E-state index is 14.1. The summed E-state index contributed by atoms with van der Waals surface area (Å²) in [6, 6.07) is 2.31. The molecule has 0 spiro atoms. The Balaban J connectivity index is 1.96. The normalized spacial score (nSPS) is 11.8. The molecule has 0 aliphatic rings. The van der Waals surface area contributed by atoms with E-state index in [1.807, 2.05) is 0 Å². The van der Waals surface area contributed by atoms with Gasteiger partial charge in [-0.25, -0.2) is 23.1 Å². The zero-order valence-electron chi connectivity index (χ0n) is 14.6. The molecule has 28 heavy (non-hydrogen) atoms. The van der Waals surface area contributed by atoms with E-state index in [0.717, 1.165) is 19.4 Å². The van der Waals surface area contributed by atoms with Gasteiger partial charge < -0.3 is 9.47 Å². The smallest absolute Gasteiger partial charge is 0.279 e. The molecular formula is C15H14F3N5O4S. The average molecular weight is 417 g/mol. The van der Waals surface area contributed by atoms with E-state index in [2.05, 4.69) is 24.4 Å². The number of hydrogen-bond donors (Lipinski definition) is 1. The van der Waals surface area contributed by atoms with Crippen LogP contribution in [-0.4, -0.2) is 47.9 Å². The van der Waals surface area contributed by atoms with E-state index < -0.39 is 34.8 Å². The van der Waals surface area contributed by atoms with Gasteiger partial charge in [-0.3, -0.25) is 9.12 Å². The second-order valence-corrected chi connectivity index (χ2v) is 7.10. The summed E-state index contributed by atoms with van der Waals surface area (Å²) in [4.78, 5) is 11.6. The van der Waals surface area contributed by atoms with Crippen molar-refractivity contribution in [2.45, 2.75) is 18.4 Å². The molecule has 1 N–H and O–H groups in total. The summed E-state index contributed by atoms with van der Waals surface area (Å²) >= 11 is 0. The van der Waals surface area contributed by atoms with Gasteiger partial charge in [0.15, 0.2) is 17.5 Å². The fraction of sp³-hybridized carbons (Fsp3) is 0.267. The molecule has 0 aliphatic heterocycles. The molecule has 0 aliphatic carbocycles. The Bertz CT molecular complexity index is 1120. The number of sulfonamides is 1. The van der Waals surface area contributed by atoms with Crippen LogP contribution in [-0.2, 0) is 10.0 Å². The molecular weight excluding hydrogens is 403 g/mol. The van der Waals surface area contributed by atoms with Crippen LogP contribution in [0.25, 0.3) is 5.78 Å². The standard InChI is InChI=1S/C15H14F3N5O4S/c1-8-3-4-23-12(6-19-15(23)20-8)28(24,25)22-10-5-9(16)13(21-14(10)26-2)27-7-11(17)18/h3-6,11,22H,7H2,1-2H3. The Labute approximate surface area is 157 Å². The lowest BCUT2D eigenvalue weighted by molar-refractivity contribution is 0.0770. The minimum Gasteiger partial charge on any atom is -0.479 e. The number of anilines is 1. The number of pyridine rings is 1. The first kappa shape index (κ1) is 19.7. The first-order valence-electron chi connectivity index (χ1n) is 7.70.